The lowest BCUT2D eigenvalue weighted by molar-refractivity contribution is 0.100. The molecule has 0 saturated carbocycles. The van der Waals surface area contributed by atoms with Crippen molar-refractivity contribution in [1.82, 2.24) is 14.5 Å². The summed E-state index contributed by atoms with van der Waals surface area (Å²) in [7, 11) is 0. The number of rotatable bonds is 9. The number of primary amides is 1. The van der Waals surface area contributed by atoms with Gasteiger partial charge in [-0.3, -0.25) is 14.5 Å². The zero-order chi connectivity index (χ0) is 24.2. The van der Waals surface area contributed by atoms with Crippen LogP contribution in [-0.4, -0.2) is 46.6 Å². The zero-order valence-electron chi connectivity index (χ0n) is 18.6. The van der Waals surface area contributed by atoms with Gasteiger partial charge in [-0.2, -0.15) is 4.39 Å². The Kier molecular flexibility index (Phi) is 7.42. The molecule has 2 aromatic heterocycles. The van der Waals surface area contributed by atoms with Crippen LogP contribution in [0.1, 0.15) is 17.3 Å². The molecule has 0 fully saturated rings. The van der Waals surface area contributed by atoms with Gasteiger partial charge in [0, 0.05) is 40.2 Å². The number of nitrogens with zero attached hydrogens (tertiary/aromatic N) is 3. The summed E-state index contributed by atoms with van der Waals surface area (Å²) < 4.78 is 22.2. The Morgan fingerprint density at radius 2 is 2.00 bits per heavy atom. The van der Waals surface area contributed by atoms with Gasteiger partial charge in [-0.15, -0.1) is 0 Å². The number of ether oxygens (including phenoxy) is 1. The predicted molar refractivity (Wildman–Crippen MR) is 139 cm³/mol. The molecule has 0 aliphatic heterocycles. The summed E-state index contributed by atoms with van der Waals surface area (Å²) in [5.74, 6) is -1.09. The highest BCUT2D eigenvalue weighted by molar-refractivity contribution is 14.1. The van der Waals surface area contributed by atoms with Crippen LogP contribution < -0.4 is 15.9 Å². The quantitative estimate of drug-likeness (QED) is 0.187. The highest BCUT2D eigenvalue weighted by Crippen LogP contribution is 2.24. The Hall–Kier alpha value is -3.05. The summed E-state index contributed by atoms with van der Waals surface area (Å²) in [6.07, 6.45) is 1.38. The molecule has 0 saturated heterocycles. The van der Waals surface area contributed by atoms with Gasteiger partial charge in [-0.25, -0.2) is 4.98 Å². The fraction of sp³-hybridized carbons (Fsp3) is 0.240. The van der Waals surface area contributed by atoms with Gasteiger partial charge in [-0.05, 0) is 71.6 Å². The number of amides is 1. The van der Waals surface area contributed by atoms with Crippen LogP contribution in [0.15, 0.2) is 59.5 Å². The minimum atomic E-state index is -0.634. The molecule has 0 atom stereocenters. The Bertz CT molecular complexity index is 1420. The lowest BCUT2D eigenvalue weighted by atomic mass is 10.0. The van der Waals surface area contributed by atoms with Crippen molar-refractivity contribution in [3.8, 4) is 5.75 Å². The Balaban J connectivity index is 1.65. The van der Waals surface area contributed by atoms with Gasteiger partial charge in [0.15, 0.2) is 11.2 Å². The second-order valence-corrected chi connectivity index (χ2v) is 9.03. The third kappa shape index (κ3) is 4.90. The number of hydrogen-bond acceptors (Lipinski definition) is 5. The second-order valence-electron chi connectivity index (χ2n) is 7.78. The summed E-state index contributed by atoms with van der Waals surface area (Å²) in [5.41, 5.74) is 7.14. The number of halogens is 2. The first-order valence-electron chi connectivity index (χ1n) is 10.9. The van der Waals surface area contributed by atoms with Gasteiger partial charge in [0.05, 0.1) is 16.6 Å². The third-order valence-corrected chi connectivity index (χ3v) is 6.46. The summed E-state index contributed by atoms with van der Waals surface area (Å²) in [6, 6.07) is 13.9. The van der Waals surface area contributed by atoms with Crippen molar-refractivity contribution in [2.75, 3.05) is 26.2 Å². The highest BCUT2D eigenvalue weighted by atomic mass is 127. The van der Waals surface area contributed by atoms with E-state index in [9.17, 15) is 14.0 Å². The van der Waals surface area contributed by atoms with Crippen LogP contribution in [0, 0.1) is 9.52 Å². The molecule has 0 aliphatic rings. The normalized spacial score (nSPS) is 11.4. The molecule has 2 heterocycles. The average molecular weight is 574 g/mol. The topological polar surface area (TPSA) is 90.4 Å². The number of fused-ring (bicyclic) bond motifs is 2. The van der Waals surface area contributed by atoms with Crippen molar-refractivity contribution < 1.29 is 13.9 Å². The Morgan fingerprint density at radius 3 is 2.74 bits per heavy atom. The van der Waals surface area contributed by atoms with Crippen molar-refractivity contribution in [3.05, 3.63) is 80.0 Å². The SMILES string of the molecule is CCN(CCOc1cccnc1F)CCn1c2ccc(I)cc2c(=O)c2cccc(C(N)=O)c21. The maximum atomic E-state index is 13.7. The van der Waals surface area contributed by atoms with Gasteiger partial charge in [0.2, 0.25) is 0 Å². The number of carbonyl (C=O) groups is 1. The van der Waals surface area contributed by atoms with Crippen LogP contribution in [0.2, 0.25) is 0 Å². The number of aromatic nitrogens is 2. The van der Waals surface area contributed by atoms with E-state index in [-0.39, 0.29) is 11.2 Å². The molecular weight excluding hydrogens is 550 g/mol. The van der Waals surface area contributed by atoms with Gasteiger partial charge in [0.1, 0.15) is 6.61 Å². The summed E-state index contributed by atoms with van der Waals surface area (Å²) >= 11 is 2.18. The molecule has 4 aromatic rings. The lowest BCUT2D eigenvalue weighted by Crippen LogP contribution is -2.32. The van der Waals surface area contributed by atoms with E-state index < -0.39 is 11.9 Å². The molecule has 0 radical (unpaired) electrons. The van der Waals surface area contributed by atoms with Crippen molar-refractivity contribution in [2.24, 2.45) is 5.73 Å². The van der Waals surface area contributed by atoms with Gasteiger partial charge >= 0.3 is 0 Å². The first kappa shape index (κ1) is 24.1. The maximum absolute atomic E-state index is 13.7. The molecule has 34 heavy (non-hydrogen) atoms. The Labute approximate surface area is 209 Å². The molecule has 2 N–H and O–H groups in total. The largest absolute Gasteiger partial charge is 0.487 e. The molecule has 0 bridgehead atoms. The van der Waals surface area contributed by atoms with E-state index in [1.165, 1.54) is 6.20 Å². The minimum absolute atomic E-state index is 0.122. The average Bonchev–Trinajstić information content (AvgIpc) is 2.83. The molecule has 2 aromatic carbocycles. The molecule has 4 rings (SSSR count). The van der Waals surface area contributed by atoms with Crippen molar-refractivity contribution in [3.63, 3.8) is 0 Å². The van der Waals surface area contributed by atoms with Gasteiger partial charge in [-0.1, -0.05) is 13.0 Å². The first-order chi connectivity index (χ1) is 16.4. The van der Waals surface area contributed by atoms with E-state index in [2.05, 4.69) is 32.5 Å². The van der Waals surface area contributed by atoms with Crippen LogP contribution in [0.25, 0.3) is 21.8 Å². The number of hydrogen-bond donors (Lipinski definition) is 1. The number of pyridine rings is 2. The fourth-order valence-electron chi connectivity index (χ4n) is 4.07. The van der Waals surface area contributed by atoms with Crippen LogP contribution in [0.4, 0.5) is 4.39 Å². The monoisotopic (exact) mass is 574 g/mol. The smallest absolute Gasteiger partial charge is 0.255 e. The predicted octanol–water partition coefficient (Wildman–Crippen LogP) is 3.79. The number of likely N-dealkylation sites (N-methyl/N-ethyl adjacent to an activating group) is 1. The van der Waals surface area contributed by atoms with Crippen LogP contribution in [-0.2, 0) is 6.54 Å². The molecule has 7 nitrogen and oxygen atoms in total. The van der Waals surface area contributed by atoms with E-state index in [0.29, 0.717) is 48.1 Å². The van der Waals surface area contributed by atoms with E-state index in [4.69, 9.17) is 10.5 Å². The Morgan fingerprint density at radius 1 is 1.18 bits per heavy atom. The molecule has 176 valence electrons. The van der Waals surface area contributed by atoms with Gasteiger partial charge < -0.3 is 15.0 Å². The van der Waals surface area contributed by atoms with Crippen LogP contribution in [0.3, 0.4) is 0 Å². The van der Waals surface area contributed by atoms with Crippen molar-refractivity contribution in [1.29, 1.82) is 0 Å². The standard InChI is InChI=1S/C25H24FIN4O3/c1-2-30(13-14-34-21-7-4-10-29-24(21)26)11-12-31-20-9-8-16(27)15-19(20)23(32)17-5-3-6-18(22(17)31)25(28)33/h3-10,15H,2,11-14H2,1H3,(H2,28,33). The molecule has 0 unspecified atom stereocenters. The molecular formula is C25H24FIN4O3. The van der Waals surface area contributed by atoms with E-state index >= 15 is 0 Å². The number of nitrogens with two attached hydrogens (primary N) is 1. The second kappa shape index (κ2) is 10.5. The number of para-hydroxylation sites is 1. The van der Waals surface area contributed by atoms with Gasteiger partial charge in [0.25, 0.3) is 11.9 Å². The molecule has 0 aliphatic carbocycles. The van der Waals surface area contributed by atoms with E-state index in [1.807, 2.05) is 29.7 Å². The molecule has 9 heteroatoms. The van der Waals surface area contributed by atoms with E-state index in [0.717, 1.165) is 15.6 Å². The minimum Gasteiger partial charge on any atom is -0.487 e. The van der Waals surface area contributed by atoms with Crippen LogP contribution >= 0.6 is 22.6 Å². The number of carbonyl (C=O) groups excluding carboxylic acids is 1. The highest BCUT2D eigenvalue weighted by Gasteiger charge is 2.17. The van der Waals surface area contributed by atoms with E-state index in [1.54, 1.807) is 30.3 Å². The maximum Gasteiger partial charge on any atom is 0.255 e. The first-order valence-corrected chi connectivity index (χ1v) is 12.0. The van der Waals surface area contributed by atoms with Crippen molar-refractivity contribution in [2.45, 2.75) is 13.5 Å². The van der Waals surface area contributed by atoms with Crippen molar-refractivity contribution >= 4 is 50.3 Å². The molecule has 0 spiro atoms. The van der Waals surface area contributed by atoms with Crippen LogP contribution in [0.5, 0.6) is 5.75 Å². The summed E-state index contributed by atoms with van der Waals surface area (Å²) in [5, 5.41) is 1.06. The molecule has 1 amide bonds. The summed E-state index contributed by atoms with van der Waals surface area (Å²) in [6.45, 7) is 4.79. The third-order valence-electron chi connectivity index (χ3n) is 5.79. The lowest BCUT2D eigenvalue weighted by Gasteiger charge is -2.23. The fourth-order valence-corrected chi connectivity index (χ4v) is 4.56. The number of benzene rings is 2. The summed E-state index contributed by atoms with van der Waals surface area (Å²) in [4.78, 5) is 31.2. The zero-order valence-corrected chi connectivity index (χ0v) is 20.8.